The monoisotopic (exact) mass is 282 g/mol. The zero-order valence-electron chi connectivity index (χ0n) is 13.2. The fourth-order valence-corrected chi connectivity index (χ4v) is 2.62. The maximum Gasteiger partial charge on any atom is 0.410 e. The molecule has 20 heavy (non-hydrogen) atoms. The van der Waals surface area contributed by atoms with Gasteiger partial charge in [-0.15, -0.1) is 6.58 Å². The highest BCUT2D eigenvalue weighted by Gasteiger charge is 2.39. The Morgan fingerprint density at radius 2 is 2.05 bits per heavy atom. The van der Waals surface area contributed by atoms with Gasteiger partial charge in [-0.3, -0.25) is 4.79 Å². The number of carbonyl (C=O) groups is 2. The third-order valence-electron chi connectivity index (χ3n) is 3.17. The highest BCUT2D eigenvalue weighted by atomic mass is 16.6. The molecule has 1 saturated heterocycles. The first-order valence-corrected chi connectivity index (χ1v) is 6.94. The standard InChI is InChI=1S/C15H26N2O3/c1-7-12-8-15(6,16-11(2)18)10-17(9-12)13(19)20-14(3,4)5/h7,12H,1,8-10H2,2-6H3,(H,16,18)/t12?,15-/m1/s1. The minimum Gasteiger partial charge on any atom is -0.444 e. The lowest BCUT2D eigenvalue weighted by molar-refractivity contribution is -0.121. The van der Waals surface area contributed by atoms with Crippen LogP contribution in [-0.2, 0) is 9.53 Å². The van der Waals surface area contributed by atoms with Crippen LogP contribution in [0.5, 0.6) is 0 Å². The van der Waals surface area contributed by atoms with Gasteiger partial charge in [-0.1, -0.05) is 6.08 Å². The maximum absolute atomic E-state index is 12.2. The molecule has 0 aliphatic carbocycles. The zero-order chi connectivity index (χ0) is 15.6. The van der Waals surface area contributed by atoms with Gasteiger partial charge in [-0.25, -0.2) is 4.79 Å². The van der Waals surface area contributed by atoms with Crippen molar-refractivity contribution in [1.29, 1.82) is 0 Å². The van der Waals surface area contributed by atoms with E-state index in [-0.39, 0.29) is 17.9 Å². The van der Waals surface area contributed by atoms with Crippen molar-refractivity contribution in [1.82, 2.24) is 10.2 Å². The van der Waals surface area contributed by atoms with E-state index in [0.717, 1.165) is 6.42 Å². The highest BCUT2D eigenvalue weighted by Crippen LogP contribution is 2.27. The summed E-state index contributed by atoms with van der Waals surface area (Å²) >= 11 is 0. The number of hydrogen-bond acceptors (Lipinski definition) is 3. The average molecular weight is 282 g/mol. The number of nitrogens with one attached hydrogen (secondary N) is 1. The number of carbonyl (C=O) groups excluding carboxylic acids is 2. The van der Waals surface area contributed by atoms with E-state index in [1.807, 2.05) is 33.8 Å². The van der Waals surface area contributed by atoms with Gasteiger partial charge in [-0.05, 0) is 40.0 Å². The maximum atomic E-state index is 12.2. The second kappa shape index (κ2) is 5.85. The van der Waals surface area contributed by atoms with E-state index in [9.17, 15) is 9.59 Å². The second-order valence-electron chi connectivity index (χ2n) is 6.80. The minimum atomic E-state index is -0.525. The largest absolute Gasteiger partial charge is 0.444 e. The topological polar surface area (TPSA) is 58.6 Å². The molecule has 5 heteroatoms. The number of likely N-dealkylation sites (tertiary alicyclic amines) is 1. The van der Waals surface area contributed by atoms with Crippen LogP contribution < -0.4 is 5.32 Å². The van der Waals surface area contributed by atoms with Crippen LogP contribution in [0.1, 0.15) is 41.0 Å². The average Bonchev–Trinajstić information content (AvgIpc) is 2.23. The van der Waals surface area contributed by atoms with Crippen molar-refractivity contribution in [3.05, 3.63) is 12.7 Å². The molecule has 1 aliphatic heterocycles. The molecule has 0 aromatic carbocycles. The van der Waals surface area contributed by atoms with Crippen LogP contribution in [0.4, 0.5) is 4.79 Å². The number of piperidine rings is 1. The number of nitrogens with zero attached hydrogens (tertiary/aromatic N) is 1. The van der Waals surface area contributed by atoms with E-state index in [1.165, 1.54) is 6.92 Å². The number of hydrogen-bond donors (Lipinski definition) is 1. The smallest absolute Gasteiger partial charge is 0.410 e. The molecular formula is C15H26N2O3. The molecule has 5 nitrogen and oxygen atoms in total. The van der Waals surface area contributed by atoms with Crippen LogP contribution in [0.2, 0.25) is 0 Å². The van der Waals surface area contributed by atoms with E-state index in [2.05, 4.69) is 11.9 Å². The molecule has 2 amide bonds. The fraction of sp³-hybridized carbons (Fsp3) is 0.733. The lowest BCUT2D eigenvalue weighted by atomic mass is 9.84. The molecule has 114 valence electrons. The van der Waals surface area contributed by atoms with Gasteiger partial charge in [0.15, 0.2) is 0 Å². The molecule has 0 aromatic rings. The third-order valence-corrected chi connectivity index (χ3v) is 3.17. The Kier molecular flexibility index (Phi) is 4.84. The molecule has 0 bridgehead atoms. The Morgan fingerprint density at radius 1 is 1.45 bits per heavy atom. The predicted octanol–water partition coefficient (Wildman–Crippen LogP) is 2.32. The van der Waals surface area contributed by atoms with E-state index >= 15 is 0 Å². The summed E-state index contributed by atoms with van der Waals surface area (Å²) in [5.41, 5.74) is -0.970. The molecular weight excluding hydrogens is 256 g/mol. The Bertz CT molecular complexity index is 400. The molecule has 1 aliphatic rings. The van der Waals surface area contributed by atoms with Crippen LogP contribution in [0, 0.1) is 5.92 Å². The Balaban J connectivity index is 2.83. The third kappa shape index (κ3) is 4.87. The first-order valence-electron chi connectivity index (χ1n) is 6.94. The predicted molar refractivity (Wildman–Crippen MR) is 78.3 cm³/mol. The van der Waals surface area contributed by atoms with Gasteiger partial charge >= 0.3 is 6.09 Å². The van der Waals surface area contributed by atoms with Gasteiger partial charge < -0.3 is 15.0 Å². The summed E-state index contributed by atoms with van der Waals surface area (Å²) in [7, 11) is 0. The van der Waals surface area contributed by atoms with E-state index in [4.69, 9.17) is 4.74 Å². The van der Waals surface area contributed by atoms with Crippen molar-refractivity contribution in [3.63, 3.8) is 0 Å². The lowest BCUT2D eigenvalue weighted by Crippen LogP contribution is -2.60. The van der Waals surface area contributed by atoms with Crippen molar-refractivity contribution in [2.45, 2.75) is 52.2 Å². The first-order chi connectivity index (χ1) is 9.04. The van der Waals surface area contributed by atoms with E-state index in [0.29, 0.717) is 13.1 Å². The van der Waals surface area contributed by atoms with E-state index < -0.39 is 11.1 Å². The van der Waals surface area contributed by atoms with E-state index in [1.54, 1.807) is 4.90 Å². The quantitative estimate of drug-likeness (QED) is 0.791. The minimum absolute atomic E-state index is 0.0960. The summed E-state index contributed by atoms with van der Waals surface area (Å²) < 4.78 is 5.41. The van der Waals surface area contributed by atoms with Crippen molar-refractivity contribution in [3.8, 4) is 0 Å². The van der Waals surface area contributed by atoms with Gasteiger partial charge in [0.25, 0.3) is 0 Å². The molecule has 0 radical (unpaired) electrons. The van der Waals surface area contributed by atoms with Crippen LogP contribution in [0.3, 0.4) is 0 Å². The molecule has 1 N–H and O–H groups in total. The second-order valence-corrected chi connectivity index (χ2v) is 6.80. The first kappa shape index (κ1) is 16.5. The lowest BCUT2D eigenvalue weighted by Gasteiger charge is -2.44. The molecule has 1 fully saturated rings. The van der Waals surface area contributed by atoms with Gasteiger partial charge in [-0.2, -0.15) is 0 Å². The molecule has 0 saturated carbocycles. The van der Waals surface area contributed by atoms with Crippen LogP contribution >= 0.6 is 0 Å². The molecule has 1 unspecified atom stereocenters. The van der Waals surface area contributed by atoms with Crippen molar-refractivity contribution in [2.75, 3.05) is 13.1 Å². The summed E-state index contributed by atoms with van der Waals surface area (Å²) in [5, 5.41) is 2.93. The van der Waals surface area contributed by atoms with Crippen LogP contribution in [0.25, 0.3) is 0 Å². The molecule has 2 atom stereocenters. The van der Waals surface area contributed by atoms with Crippen molar-refractivity contribution in [2.24, 2.45) is 5.92 Å². The molecule has 0 spiro atoms. The zero-order valence-corrected chi connectivity index (χ0v) is 13.2. The summed E-state index contributed by atoms with van der Waals surface area (Å²) in [5.74, 6) is 0.0504. The number of amides is 2. The van der Waals surface area contributed by atoms with Crippen LogP contribution in [0.15, 0.2) is 12.7 Å². The summed E-state index contributed by atoms with van der Waals surface area (Å²) in [6.07, 6.45) is 2.26. The molecule has 1 rings (SSSR count). The van der Waals surface area contributed by atoms with Crippen molar-refractivity contribution >= 4 is 12.0 Å². The summed E-state index contributed by atoms with van der Waals surface area (Å²) in [6.45, 7) is 13.8. The Morgan fingerprint density at radius 3 is 2.50 bits per heavy atom. The Labute approximate surface area is 121 Å². The van der Waals surface area contributed by atoms with Gasteiger partial charge in [0.2, 0.25) is 5.91 Å². The number of ether oxygens (including phenoxy) is 1. The summed E-state index contributed by atoms with van der Waals surface area (Å²) in [6, 6.07) is 0. The normalized spacial score (nSPS) is 26.9. The SMILES string of the molecule is C=CC1CN(C(=O)OC(C)(C)C)C[C@](C)(NC(C)=O)C1. The van der Waals surface area contributed by atoms with Crippen LogP contribution in [-0.4, -0.2) is 41.1 Å². The van der Waals surface area contributed by atoms with Crippen molar-refractivity contribution < 1.29 is 14.3 Å². The summed E-state index contributed by atoms with van der Waals surface area (Å²) in [4.78, 5) is 25.2. The fourth-order valence-electron chi connectivity index (χ4n) is 2.62. The number of rotatable bonds is 2. The Hall–Kier alpha value is -1.52. The highest BCUT2D eigenvalue weighted by molar-refractivity contribution is 5.74. The molecule has 1 heterocycles. The van der Waals surface area contributed by atoms with Gasteiger partial charge in [0.05, 0.1) is 5.54 Å². The molecule has 0 aromatic heterocycles. The van der Waals surface area contributed by atoms with Gasteiger partial charge in [0, 0.05) is 20.0 Å². The van der Waals surface area contributed by atoms with Gasteiger partial charge in [0.1, 0.15) is 5.60 Å².